The Morgan fingerprint density at radius 2 is 2.21 bits per heavy atom. The molecule has 2 rings (SSSR count). The van der Waals surface area contributed by atoms with Crippen LogP contribution in [0.4, 0.5) is 4.39 Å². The summed E-state index contributed by atoms with van der Waals surface area (Å²) in [6, 6.07) is 4.70. The van der Waals surface area contributed by atoms with Crippen LogP contribution in [-0.4, -0.2) is 31.8 Å². The third-order valence-corrected chi connectivity index (χ3v) is 3.03. The van der Waals surface area contributed by atoms with Crippen LogP contribution in [0.5, 0.6) is 5.75 Å². The van der Waals surface area contributed by atoms with Crippen molar-refractivity contribution >= 4 is 5.91 Å². The first-order valence-electron chi connectivity index (χ1n) is 6.41. The smallest absolute Gasteiger partial charge is 0.258 e. The normalized spacial score (nSPS) is 16.1. The SMILES string of the molecule is Cc1ccc(F)c(OCC(=O)NC2CCOCC2)c1. The molecule has 0 aliphatic carbocycles. The second-order valence-electron chi connectivity index (χ2n) is 4.68. The quantitative estimate of drug-likeness (QED) is 0.905. The van der Waals surface area contributed by atoms with E-state index in [1.54, 1.807) is 12.1 Å². The molecule has 0 atom stereocenters. The van der Waals surface area contributed by atoms with Crippen molar-refractivity contribution in [2.45, 2.75) is 25.8 Å². The molecular formula is C14H18FNO3. The molecule has 0 radical (unpaired) electrons. The molecule has 0 unspecified atom stereocenters. The summed E-state index contributed by atoms with van der Waals surface area (Å²) < 4.78 is 23.8. The van der Waals surface area contributed by atoms with Gasteiger partial charge in [-0.15, -0.1) is 0 Å². The van der Waals surface area contributed by atoms with Gasteiger partial charge in [-0.25, -0.2) is 4.39 Å². The Labute approximate surface area is 111 Å². The molecule has 0 bridgehead atoms. The highest BCUT2D eigenvalue weighted by Gasteiger charge is 2.16. The monoisotopic (exact) mass is 267 g/mol. The van der Waals surface area contributed by atoms with E-state index in [4.69, 9.17) is 9.47 Å². The average molecular weight is 267 g/mol. The van der Waals surface area contributed by atoms with Crippen LogP contribution >= 0.6 is 0 Å². The molecule has 1 fully saturated rings. The minimum absolute atomic E-state index is 0.113. The Morgan fingerprint density at radius 1 is 1.47 bits per heavy atom. The van der Waals surface area contributed by atoms with Gasteiger partial charge in [0.15, 0.2) is 18.2 Å². The molecule has 4 nitrogen and oxygen atoms in total. The highest BCUT2D eigenvalue weighted by Crippen LogP contribution is 2.18. The molecule has 1 aromatic carbocycles. The number of benzene rings is 1. The predicted octanol–water partition coefficient (Wildman–Crippen LogP) is 1.81. The van der Waals surface area contributed by atoms with E-state index in [0.717, 1.165) is 18.4 Å². The maximum atomic E-state index is 13.4. The van der Waals surface area contributed by atoms with Gasteiger partial charge in [-0.3, -0.25) is 4.79 Å². The molecule has 19 heavy (non-hydrogen) atoms. The van der Waals surface area contributed by atoms with Crippen LogP contribution in [0.2, 0.25) is 0 Å². The van der Waals surface area contributed by atoms with Gasteiger partial charge in [0, 0.05) is 19.3 Å². The van der Waals surface area contributed by atoms with Crippen molar-refractivity contribution in [3.63, 3.8) is 0 Å². The Kier molecular flexibility index (Phi) is 4.74. The maximum Gasteiger partial charge on any atom is 0.258 e. The Hall–Kier alpha value is -1.62. The zero-order valence-corrected chi connectivity index (χ0v) is 10.9. The molecule has 5 heteroatoms. The van der Waals surface area contributed by atoms with E-state index >= 15 is 0 Å². The van der Waals surface area contributed by atoms with E-state index in [-0.39, 0.29) is 24.3 Å². The standard InChI is InChI=1S/C14H18FNO3/c1-10-2-3-12(15)13(8-10)19-9-14(17)16-11-4-6-18-7-5-11/h2-3,8,11H,4-7,9H2,1H3,(H,16,17). The van der Waals surface area contributed by atoms with Crippen LogP contribution in [0.15, 0.2) is 18.2 Å². The predicted molar refractivity (Wildman–Crippen MR) is 68.6 cm³/mol. The fourth-order valence-electron chi connectivity index (χ4n) is 1.98. The zero-order valence-electron chi connectivity index (χ0n) is 10.9. The second kappa shape index (κ2) is 6.52. The number of carbonyl (C=O) groups excluding carboxylic acids is 1. The van der Waals surface area contributed by atoms with E-state index in [0.29, 0.717) is 13.2 Å². The Bertz CT molecular complexity index is 444. The molecule has 104 valence electrons. The Balaban J connectivity index is 1.81. The molecule has 1 saturated heterocycles. The molecule has 1 aliphatic heterocycles. The first-order valence-corrected chi connectivity index (χ1v) is 6.41. The van der Waals surface area contributed by atoms with E-state index in [2.05, 4.69) is 5.32 Å². The van der Waals surface area contributed by atoms with Crippen LogP contribution < -0.4 is 10.1 Å². The van der Waals surface area contributed by atoms with E-state index in [1.165, 1.54) is 6.07 Å². The zero-order chi connectivity index (χ0) is 13.7. The minimum atomic E-state index is -0.454. The summed E-state index contributed by atoms with van der Waals surface area (Å²) in [4.78, 5) is 11.7. The lowest BCUT2D eigenvalue weighted by molar-refractivity contribution is -0.124. The highest BCUT2D eigenvalue weighted by atomic mass is 19.1. The number of amides is 1. The molecular weight excluding hydrogens is 249 g/mol. The van der Waals surface area contributed by atoms with E-state index < -0.39 is 5.82 Å². The molecule has 1 aromatic rings. The lowest BCUT2D eigenvalue weighted by Gasteiger charge is -2.23. The Morgan fingerprint density at radius 3 is 2.95 bits per heavy atom. The molecule has 1 amide bonds. The van der Waals surface area contributed by atoms with Crippen molar-refractivity contribution in [2.75, 3.05) is 19.8 Å². The van der Waals surface area contributed by atoms with Gasteiger partial charge in [-0.1, -0.05) is 6.07 Å². The summed E-state index contributed by atoms with van der Waals surface area (Å²) in [5, 5.41) is 2.86. The van der Waals surface area contributed by atoms with Gasteiger partial charge in [0.25, 0.3) is 5.91 Å². The summed E-state index contributed by atoms with van der Waals surface area (Å²) in [6.07, 6.45) is 1.62. The second-order valence-corrected chi connectivity index (χ2v) is 4.68. The van der Waals surface area contributed by atoms with Crippen LogP contribution in [0, 0.1) is 12.7 Å². The van der Waals surface area contributed by atoms with Gasteiger partial charge >= 0.3 is 0 Å². The first-order chi connectivity index (χ1) is 9.15. The molecule has 0 saturated carbocycles. The van der Waals surface area contributed by atoms with Gasteiger partial charge in [0.1, 0.15) is 0 Å². The number of hydrogen-bond donors (Lipinski definition) is 1. The van der Waals surface area contributed by atoms with Crippen LogP contribution in [0.3, 0.4) is 0 Å². The molecule has 1 aliphatic rings. The molecule has 0 aromatic heterocycles. The van der Waals surface area contributed by atoms with Gasteiger partial charge in [-0.2, -0.15) is 0 Å². The maximum absolute atomic E-state index is 13.4. The average Bonchev–Trinajstić information content (AvgIpc) is 2.41. The third kappa shape index (κ3) is 4.21. The number of rotatable bonds is 4. The topological polar surface area (TPSA) is 47.6 Å². The fourth-order valence-corrected chi connectivity index (χ4v) is 1.98. The van der Waals surface area contributed by atoms with Crippen molar-refractivity contribution in [1.29, 1.82) is 0 Å². The summed E-state index contributed by atoms with van der Waals surface area (Å²) in [5.41, 5.74) is 0.890. The molecule has 1 heterocycles. The van der Waals surface area contributed by atoms with Crippen molar-refractivity contribution < 1.29 is 18.7 Å². The van der Waals surface area contributed by atoms with Crippen molar-refractivity contribution in [2.24, 2.45) is 0 Å². The summed E-state index contributed by atoms with van der Waals surface area (Å²) >= 11 is 0. The lowest BCUT2D eigenvalue weighted by Crippen LogP contribution is -2.41. The highest BCUT2D eigenvalue weighted by molar-refractivity contribution is 5.77. The van der Waals surface area contributed by atoms with Crippen molar-refractivity contribution in [3.8, 4) is 5.75 Å². The summed E-state index contributed by atoms with van der Waals surface area (Å²) in [5.74, 6) is -0.570. The number of aryl methyl sites for hydroxylation is 1. The van der Waals surface area contributed by atoms with Gasteiger partial charge in [0.2, 0.25) is 0 Å². The van der Waals surface area contributed by atoms with Crippen LogP contribution in [0.1, 0.15) is 18.4 Å². The number of halogens is 1. The van der Waals surface area contributed by atoms with Gasteiger partial charge in [-0.05, 0) is 37.5 Å². The summed E-state index contributed by atoms with van der Waals surface area (Å²) in [7, 11) is 0. The lowest BCUT2D eigenvalue weighted by atomic mass is 10.1. The van der Waals surface area contributed by atoms with Gasteiger partial charge < -0.3 is 14.8 Å². The molecule has 1 N–H and O–H groups in total. The number of carbonyl (C=O) groups is 1. The third-order valence-electron chi connectivity index (χ3n) is 3.03. The minimum Gasteiger partial charge on any atom is -0.481 e. The van der Waals surface area contributed by atoms with Crippen LogP contribution in [0.25, 0.3) is 0 Å². The van der Waals surface area contributed by atoms with E-state index in [1.807, 2.05) is 6.92 Å². The number of hydrogen-bond acceptors (Lipinski definition) is 3. The number of nitrogens with one attached hydrogen (secondary N) is 1. The molecule has 0 spiro atoms. The fraction of sp³-hybridized carbons (Fsp3) is 0.500. The van der Waals surface area contributed by atoms with Crippen LogP contribution in [-0.2, 0) is 9.53 Å². The summed E-state index contributed by atoms with van der Waals surface area (Å²) in [6.45, 7) is 3.00. The van der Waals surface area contributed by atoms with E-state index in [9.17, 15) is 9.18 Å². The largest absolute Gasteiger partial charge is 0.481 e. The van der Waals surface area contributed by atoms with Crippen molar-refractivity contribution in [3.05, 3.63) is 29.6 Å². The number of ether oxygens (including phenoxy) is 2. The van der Waals surface area contributed by atoms with Crippen molar-refractivity contribution in [1.82, 2.24) is 5.32 Å². The first kappa shape index (κ1) is 13.8. The van der Waals surface area contributed by atoms with Gasteiger partial charge in [0.05, 0.1) is 0 Å².